The van der Waals surface area contributed by atoms with Crippen molar-refractivity contribution >= 4 is 21.9 Å². The normalized spacial score (nSPS) is 15.1. The molecule has 5 heteroatoms. The molecule has 1 saturated heterocycles. The summed E-state index contributed by atoms with van der Waals surface area (Å²) in [6.07, 6.45) is 0.992. The molecule has 0 unspecified atom stereocenters. The van der Waals surface area contributed by atoms with Crippen LogP contribution in [0.5, 0.6) is 0 Å². The highest BCUT2D eigenvalue weighted by atomic mass is 16.5. The van der Waals surface area contributed by atoms with Crippen molar-refractivity contribution in [2.24, 2.45) is 0 Å². The van der Waals surface area contributed by atoms with Crippen LogP contribution < -0.4 is 5.43 Å². The Bertz CT molecular complexity index is 1230. The summed E-state index contributed by atoms with van der Waals surface area (Å²) in [5.74, 6) is 0. The molecule has 0 aliphatic carbocycles. The number of aryl methyl sites for hydroxylation is 1. The zero-order valence-electron chi connectivity index (χ0n) is 17.0. The van der Waals surface area contributed by atoms with E-state index in [4.69, 9.17) is 9.72 Å². The van der Waals surface area contributed by atoms with Crippen molar-refractivity contribution in [2.45, 2.75) is 13.0 Å². The average Bonchev–Trinajstić information content (AvgIpc) is 2.80. The van der Waals surface area contributed by atoms with E-state index in [0.29, 0.717) is 5.39 Å². The second-order valence-corrected chi connectivity index (χ2v) is 7.77. The molecule has 0 N–H and O–H groups in total. The van der Waals surface area contributed by atoms with Gasteiger partial charge < -0.3 is 9.30 Å². The number of morpholine rings is 1. The van der Waals surface area contributed by atoms with Gasteiger partial charge in [0.15, 0.2) is 5.43 Å². The largest absolute Gasteiger partial charge is 0.379 e. The molecule has 0 bridgehead atoms. The Morgan fingerprint density at radius 2 is 1.67 bits per heavy atom. The minimum absolute atomic E-state index is 0.0199. The Morgan fingerprint density at radius 1 is 0.900 bits per heavy atom. The number of para-hydroxylation sites is 1. The first-order chi connectivity index (χ1) is 14.8. The number of ether oxygens (including phenoxy) is 1. The van der Waals surface area contributed by atoms with Gasteiger partial charge in [-0.05, 0) is 24.1 Å². The van der Waals surface area contributed by atoms with Crippen molar-refractivity contribution in [1.29, 1.82) is 0 Å². The third kappa shape index (κ3) is 3.74. The molecule has 0 amide bonds. The summed E-state index contributed by atoms with van der Waals surface area (Å²) in [4.78, 5) is 20.4. The first-order valence-corrected chi connectivity index (χ1v) is 10.6. The van der Waals surface area contributed by atoms with Gasteiger partial charge in [-0.3, -0.25) is 9.69 Å². The summed E-state index contributed by atoms with van der Waals surface area (Å²) in [5, 5.41) is 1.68. The summed E-state index contributed by atoms with van der Waals surface area (Å²) in [6.45, 7) is 5.41. The van der Waals surface area contributed by atoms with Crippen molar-refractivity contribution in [2.75, 3.05) is 32.8 Å². The molecule has 3 heterocycles. The molecule has 5 nitrogen and oxygen atoms in total. The molecule has 0 atom stereocenters. The average molecular weight is 399 g/mol. The number of rotatable bonds is 5. The van der Waals surface area contributed by atoms with Crippen LogP contribution in [0.2, 0.25) is 0 Å². The number of benzene rings is 2. The van der Waals surface area contributed by atoms with Crippen LogP contribution in [-0.2, 0) is 11.3 Å². The molecule has 2 aromatic carbocycles. The van der Waals surface area contributed by atoms with Gasteiger partial charge in [-0.1, -0.05) is 48.5 Å². The first-order valence-electron chi connectivity index (χ1n) is 10.6. The molecule has 2 aromatic heterocycles. The zero-order valence-corrected chi connectivity index (χ0v) is 17.0. The van der Waals surface area contributed by atoms with Crippen molar-refractivity contribution < 1.29 is 4.74 Å². The summed E-state index contributed by atoms with van der Waals surface area (Å²) in [7, 11) is 0. The molecule has 0 saturated carbocycles. The Kier molecular flexibility index (Phi) is 5.30. The van der Waals surface area contributed by atoms with E-state index in [9.17, 15) is 4.79 Å². The quantitative estimate of drug-likeness (QED) is 0.477. The molecule has 30 heavy (non-hydrogen) atoms. The first kappa shape index (κ1) is 19.0. The van der Waals surface area contributed by atoms with Gasteiger partial charge in [0.05, 0.1) is 29.8 Å². The predicted octanol–water partition coefficient (Wildman–Crippen LogP) is 3.94. The lowest BCUT2D eigenvalue weighted by molar-refractivity contribution is 0.0370. The summed E-state index contributed by atoms with van der Waals surface area (Å²) in [6, 6.07) is 21.9. The van der Waals surface area contributed by atoms with Crippen molar-refractivity contribution in [3.8, 4) is 11.3 Å². The lowest BCUT2D eigenvalue weighted by Crippen LogP contribution is -2.37. The van der Waals surface area contributed by atoms with Crippen LogP contribution in [0.15, 0.2) is 71.5 Å². The molecule has 1 fully saturated rings. The maximum Gasteiger partial charge on any atom is 0.191 e. The molecular weight excluding hydrogens is 374 g/mol. The number of hydrogen-bond donors (Lipinski definition) is 0. The van der Waals surface area contributed by atoms with Gasteiger partial charge in [-0.15, -0.1) is 0 Å². The number of nitrogens with zero attached hydrogens (tertiary/aromatic N) is 3. The number of aromatic nitrogens is 2. The summed E-state index contributed by atoms with van der Waals surface area (Å²) in [5.41, 5.74) is 3.67. The standard InChI is InChI=1S/C25H25N3O2/c29-24-18-23(19-7-2-1-3-8-19)28(12-6-11-27-13-15-30-16-14-27)25-21(24)17-20-9-4-5-10-22(20)26-25/h1-5,7-10,17-18H,6,11-16H2. The maximum atomic E-state index is 13.0. The topological polar surface area (TPSA) is 47.4 Å². The van der Waals surface area contributed by atoms with Crippen LogP contribution in [0, 0.1) is 0 Å². The van der Waals surface area contributed by atoms with Gasteiger partial charge in [0.25, 0.3) is 0 Å². The number of pyridine rings is 2. The van der Waals surface area contributed by atoms with Crippen molar-refractivity contribution in [3.63, 3.8) is 0 Å². The molecule has 4 aromatic rings. The zero-order chi connectivity index (χ0) is 20.3. The number of hydrogen-bond acceptors (Lipinski definition) is 4. The SMILES string of the molecule is O=c1cc(-c2ccccc2)n(CCCN2CCOCC2)c2nc3ccccc3cc12. The molecule has 1 aliphatic rings. The van der Waals surface area contributed by atoms with E-state index in [2.05, 4.69) is 21.6 Å². The molecule has 0 radical (unpaired) electrons. The van der Waals surface area contributed by atoms with Crippen LogP contribution in [0.3, 0.4) is 0 Å². The van der Waals surface area contributed by atoms with E-state index < -0.39 is 0 Å². The van der Waals surface area contributed by atoms with E-state index in [1.807, 2.05) is 48.5 Å². The smallest absolute Gasteiger partial charge is 0.191 e. The highest BCUT2D eigenvalue weighted by Crippen LogP contribution is 2.24. The third-order valence-electron chi connectivity index (χ3n) is 5.81. The Morgan fingerprint density at radius 3 is 2.50 bits per heavy atom. The van der Waals surface area contributed by atoms with E-state index >= 15 is 0 Å². The van der Waals surface area contributed by atoms with Crippen molar-refractivity contribution in [1.82, 2.24) is 14.5 Å². The van der Waals surface area contributed by atoms with E-state index in [1.165, 1.54) is 0 Å². The highest BCUT2D eigenvalue weighted by Gasteiger charge is 2.15. The van der Waals surface area contributed by atoms with Crippen LogP contribution in [0.4, 0.5) is 0 Å². The molecule has 152 valence electrons. The second kappa shape index (κ2) is 8.38. The lowest BCUT2D eigenvalue weighted by Gasteiger charge is -2.27. The van der Waals surface area contributed by atoms with Crippen LogP contribution in [-0.4, -0.2) is 47.3 Å². The lowest BCUT2D eigenvalue weighted by atomic mass is 10.1. The van der Waals surface area contributed by atoms with Crippen molar-refractivity contribution in [3.05, 3.63) is 77.0 Å². The van der Waals surface area contributed by atoms with E-state index in [0.717, 1.165) is 73.6 Å². The second-order valence-electron chi connectivity index (χ2n) is 7.77. The van der Waals surface area contributed by atoms with Gasteiger partial charge in [0.1, 0.15) is 5.65 Å². The van der Waals surface area contributed by atoms with Gasteiger partial charge in [0.2, 0.25) is 0 Å². The van der Waals surface area contributed by atoms with E-state index in [1.54, 1.807) is 6.07 Å². The minimum Gasteiger partial charge on any atom is -0.379 e. The fourth-order valence-corrected chi connectivity index (χ4v) is 4.24. The van der Waals surface area contributed by atoms with E-state index in [-0.39, 0.29) is 5.43 Å². The Balaban J connectivity index is 1.60. The van der Waals surface area contributed by atoms with Gasteiger partial charge in [-0.25, -0.2) is 4.98 Å². The monoisotopic (exact) mass is 399 g/mol. The minimum atomic E-state index is 0.0199. The Labute approximate surface area is 175 Å². The maximum absolute atomic E-state index is 13.0. The highest BCUT2D eigenvalue weighted by molar-refractivity contribution is 5.92. The van der Waals surface area contributed by atoms with Crippen LogP contribution in [0.25, 0.3) is 33.2 Å². The number of fused-ring (bicyclic) bond motifs is 2. The van der Waals surface area contributed by atoms with Gasteiger partial charge in [0, 0.05) is 37.6 Å². The summed E-state index contributed by atoms with van der Waals surface area (Å²) >= 11 is 0. The van der Waals surface area contributed by atoms with Crippen LogP contribution in [0.1, 0.15) is 6.42 Å². The fourth-order valence-electron chi connectivity index (χ4n) is 4.24. The van der Waals surface area contributed by atoms with Crippen LogP contribution >= 0.6 is 0 Å². The molecule has 0 spiro atoms. The molecule has 1 aliphatic heterocycles. The summed E-state index contributed by atoms with van der Waals surface area (Å²) < 4.78 is 7.68. The Hall–Kier alpha value is -3.02. The molecule has 5 rings (SSSR count). The van der Waals surface area contributed by atoms with Gasteiger partial charge >= 0.3 is 0 Å². The van der Waals surface area contributed by atoms with Gasteiger partial charge in [-0.2, -0.15) is 0 Å². The molecular formula is C25H25N3O2. The predicted molar refractivity (Wildman–Crippen MR) is 121 cm³/mol. The fraction of sp³-hybridized carbons (Fsp3) is 0.280. The third-order valence-corrected chi connectivity index (χ3v) is 5.81.